The Bertz CT molecular complexity index is 1010. The summed E-state index contributed by atoms with van der Waals surface area (Å²) in [5, 5.41) is 3.51. The fourth-order valence-corrected chi connectivity index (χ4v) is 3.35. The number of nitrogens with zero attached hydrogens (tertiary/aromatic N) is 1. The SMILES string of the molecule is CCOC(=O)c1cc(-c2ccccc2)n(CC(=O)NCc2ccccc2Cl)c1C. The lowest BCUT2D eigenvalue weighted by molar-refractivity contribution is -0.121. The first-order valence-corrected chi connectivity index (χ1v) is 9.81. The van der Waals surface area contributed by atoms with Crippen LogP contribution in [0.5, 0.6) is 0 Å². The third-order valence-corrected chi connectivity index (χ3v) is 5.04. The molecule has 3 aromatic rings. The summed E-state index contributed by atoms with van der Waals surface area (Å²) in [4.78, 5) is 25.0. The molecule has 150 valence electrons. The molecule has 1 N–H and O–H groups in total. The van der Waals surface area contributed by atoms with Gasteiger partial charge in [0.25, 0.3) is 0 Å². The first-order chi connectivity index (χ1) is 14.0. The fraction of sp³-hybridized carbons (Fsp3) is 0.217. The Balaban J connectivity index is 1.85. The average molecular weight is 411 g/mol. The van der Waals surface area contributed by atoms with Gasteiger partial charge in [0.05, 0.1) is 12.2 Å². The second kappa shape index (κ2) is 9.43. The zero-order valence-electron chi connectivity index (χ0n) is 16.4. The summed E-state index contributed by atoms with van der Waals surface area (Å²) >= 11 is 6.16. The quantitative estimate of drug-likeness (QED) is 0.578. The van der Waals surface area contributed by atoms with E-state index in [0.717, 1.165) is 16.8 Å². The van der Waals surface area contributed by atoms with E-state index in [9.17, 15) is 9.59 Å². The summed E-state index contributed by atoms with van der Waals surface area (Å²) in [6.45, 7) is 4.30. The van der Waals surface area contributed by atoms with Gasteiger partial charge in [-0.25, -0.2) is 4.79 Å². The highest BCUT2D eigenvalue weighted by Gasteiger charge is 2.20. The number of carbonyl (C=O) groups is 2. The predicted molar refractivity (Wildman–Crippen MR) is 114 cm³/mol. The van der Waals surface area contributed by atoms with Crippen LogP contribution in [-0.4, -0.2) is 23.1 Å². The number of aromatic nitrogens is 1. The van der Waals surface area contributed by atoms with Gasteiger partial charge in [0.1, 0.15) is 6.54 Å². The predicted octanol–water partition coefficient (Wildman–Crippen LogP) is 4.61. The van der Waals surface area contributed by atoms with Crippen molar-refractivity contribution >= 4 is 23.5 Å². The highest BCUT2D eigenvalue weighted by Crippen LogP contribution is 2.26. The maximum Gasteiger partial charge on any atom is 0.339 e. The summed E-state index contributed by atoms with van der Waals surface area (Å²) in [6, 6.07) is 18.8. The Hall–Kier alpha value is -3.05. The molecule has 2 aromatic carbocycles. The molecule has 0 aliphatic rings. The molecule has 0 atom stereocenters. The van der Waals surface area contributed by atoms with Crippen LogP contribution in [0, 0.1) is 6.92 Å². The van der Waals surface area contributed by atoms with Crippen LogP contribution in [0.1, 0.15) is 28.5 Å². The van der Waals surface area contributed by atoms with Crippen molar-refractivity contribution in [2.75, 3.05) is 6.61 Å². The topological polar surface area (TPSA) is 60.3 Å². The average Bonchev–Trinajstić information content (AvgIpc) is 3.04. The summed E-state index contributed by atoms with van der Waals surface area (Å²) < 4.78 is 7.01. The normalized spacial score (nSPS) is 10.6. The van der Waals surface area contributed by atoms with E-state index < -0.39 is 5.97 Å². The smallest absolute Gasteiger partial charge is 0.339 e. The van der Waals surface area contributed by atoms with Crippen molar-refractivity contribution in [2.24, 2.45) is 0 Å². The van der Waals surface area contributed by atoms with Crippen molar-refractivity contribution in [1.29, 1.82) is 0 Å². The van der Waals surface area contributed by atoms with Crippen molar-refractivity contribution in [3.05, 3.63) is 82.5 Å². The Morgan fingerprint density at radius 3 is 2.45 bits per heavy atom. The molecule has 0 bridgehead atoms. The van der Waals surface area contributed by atoms with E-state index in [0.29, 0.717) is 29.4 Å². The van der Waals surface area contributed by atoms with Crippen molar-refractivity contribution < 1.29 is 14.3 Å². The second-order valence-electron chi connectivity index (χ2n) is 6.57. The third-order valence-electron chi connectivity index (χ3n) is 4.67. The zero-order valence-corrected chi connectivity index (χ0v) is 17.2. The zero-order chi connectivity index (χ0) is 20.8. The van der Waals surface area contributed by atoms with Crippen LogP contribution in [0.3, 0.4) is 0 Å². The van der Waals surface area contributed by atoms with Crippen LogP contribution in [0.4, 0.5) is 0 Å². The van der Waals surface area contributed by atoms with Gasteiger partial charge in [0.15, 0.2) is 0 Å². The van der Waals surface area contributed by atoms with Crippen LogP contribution in [0.25, 0.3) is 11.3 Å². The van der Waals surface area contributed by atoms with E-state index in [-0.39, 0.29) is 12.5 Å². The fourth-order valence-electron chi connectivity index (χ4n) is 3.15. The van der Waals surface area contributed by atoms with Crippen LogP contribution in [0.2, 0.25) is 5.02 Å². The van der Waals surface area contributed by atoms with Crippen LogP contribution >= 0.6 is 11.6 Å². The molecule has 0 aliphatic carbocycles. The molecule has 3 rings (SSSR count). The van der Waals surface area contributed by atoms with Crippen molar-refractivity contribution in [2.45, 2.75) is 26.9 Å². The number of rotatable bonds is 7. The van der Waals surface area contributed by atoms with E-state index in [2.05, 4.69) is 5.32 Å². The standard InChI is InChI=1S/C23H23ClN2O3/c1-3-29-23(28)19-13-21(17-9-5-4-6-10-17)26(16(19)2)15-22(27)25-14-18-11-7-8-12-20(18)24/h4-13H,3,14-15H2,1-2H3,(H,25,27). The van der Waals surface area contributed by atoms with E-state index in [1.165, 1.54) is 0 Å². The number of ether oxygens (including phenoxy) is 1. The molecule has 0 spiro atoms. The Morgan fingerprint density at radius 2 is 1.76 bits per heavy atom. The minimum absolute atomic E-state index is 0.0833. The number of hydrogen-bond donors (Lipinski definition) is 1. The molecule has 0 saturated carbocycles. The van der Waals surface area contributed by atoms with Crippen LogP contribution < -0.4 is 5.32 Å². The molecule has 1 amide bonds. The van der Waals surface area contributed by atoms with Gasteiger partial charge in [0.2, 0.25) is 5.91 Å². The van der Waals surface area contributed by atoms with Crippen LogP contribution in [-0.2, 0) is 22.6 Å². The minimum Gasteiger partial charge on any atom is -0.462 e. The number of esters is 1. The van der Waals surface area contributed by atoms with Gasteiger partial charge >= 0.3 is 5.97 Å². The lowest BCUT2D eigenvalue weighted by Gasteiger charge is -2.13. The summed E-state index contributed by atoms with van der Waals surface area (Å²) in [7, 11) is 0. The molecule has 0 fully saturated rings. The van der Waals surface area contributed by atoms with E-state index in [1.54, 1.807) is 19.1 Å². The molecule has 1 aromatic heterocycles. The molecule has 29 heavy (non-hydrogen) atoms. The molecule has 5 nitrogen and oxygen atoms in total. The molecular weight excluding hydrogens is 388 g/mol. The number of nitrogens with one attached hydrogen (secondary N) is 1. The van der Waals surface area contributed by atoms with Gasteiger partial charge in [-0.3, -0.25) is 4.79 Å². The van der Waals surface area contributed by atoms with Gasteiger partial charge in [-0.05, 0) is 37.1 Å². The van der Waals surface area contributed by atoms with E-state index in [4.69, 9.17) is 16.3 Å². The third kappa shape index (κ3) is 4.87. The first kappa shape index (κ1) is 20.7. The van der Waals surface area contributed by atoms with Gasteiger partial charge in [-0.15, -0.1) is 0 Å². The molecular formula is C23H23ClN2O3. The first-order valence-electron chi connectivity index (χ1n) is 9.44. The van der Waals surface area contributed by atoms with Crippen molar-refractivity contribution in [1.82, 2.24) is 9.88 Å². The highest BCUT2D eigenvalue weighted by molar-refractivity contribution is 6.31. The Morgan fingerprint density at radius 1 is 1.07 bits per heavy atom. The maximum absolute atomic E-state index is 12.6. The van der Waals surface area contributed by atoms with E-state index in [1.807, 2.05) is 60.0 Å². The van der Waals surface area contributed by atoms with Crippen LogP contribution in [0.15, 0.2) is 60.7 Å². The maximum atomic E-state index is 12.6. The molecule has 0 radical (unpaired) electrons. The number of halogens is 1. The Kier molecular flexibility index (Phi) is 6.73. The number of carbonyl (C=O) groups excluding carboxylic acids is 2. The summed E-state index contributed by atoms with van der Waals surface area (Å²) in [5.41, 5.74) is 3.71. The lowest BCUT2D eigenvalue weighted by Crippen LogP contribution is -2.28. The van der Waals surface area contributed by atoms with Crippen molar-refractivity contribution in [3.8, 4) is 11.3 Å². The summed E-state index contributed by atoms with van der Waals surface area (Å²) in [6.07, 6.45) is 0. The lowest BCUT2D eigenvalue weighted by atomic mass is 10.1. The van der Waals surface area contributed by atoms with Gasteiger partial charge < -0.3 is 14.6 Å². The number of hydrogen-bond acceptors (Lipinski definition) is 3. The molecule has 0 aliphatic heterocycles. The van der Waals surface area contributed by atoms with Crippen molar-refractivity contribution in [3.63, 3.8) is 0 Å². The molecule has 1 heterocycles. The number of amides is 1. The monoisotopic (exact) mass is 410 g/mol. The van der Waals surface area contributed by atoms with E-state index >= 15 is 0 Å². The van der Waals surface area contributed by atoms with Gasteiger partial charge in [-0.1, -0.05) is 60.1 Å². The minimum atomic E-state index is -0.391. The van der Waals surface area contributed by atoms with Gasteiger partial charge in [-0.2, -0.15) is 0 Å². The summed E-state index contributed by atoms with van der Waals surface area (Å²) in [5.74, 6) is -0.561. The van der Waals surface area contributed by atoms with Gasteiger partial charge in [0, 0.05) is 23.0 Å². The Labute approximate surface area is 175 Å². The molecule has 0 saturated heterocycles. The molecule has 6 heteroatoms. The second-order valence-corrected chi connectivity index (χ2v) is 6.98. The highest BCUT2D eigenvalue weighted by atomic mass is 35.5. The molecule has 0 unspecified atom stereocenters. The largest absolute Gasteiger partial charge is 0.462 e. The number of benzene rings is 2.